The number of hydrogen-bond donors (Lipinski definition) is 0. The monoisotopic (exact) mass is 264 g/mol. The molecule has 1 heterocycles. The zero-order chi connectivity index (χ0) is 13.0. The van der Waals surface area contributed by atoms with Crippen molar-refractivity contribution in [3.8, 4) is 0 Å². The summed E-state index contributed by atoms with van der Waals surface area (Å²) < 4.78 is 1.44. The molecule has 0 aliphatic heterocycles. The Bertz CT molecular complexity index is 779. The Kier molecular flexibility index (Phi) is 2.19. The van der Waals surface area contributed by atoms with Crippen molar-refractivity contribution in [2.45, 2.75) is 18.8 Å². The molecule has 1 aromatic heterocycles. The molecule has 1 fully saturated rings. The van der Waals surface area contributed by atoms with Gasteiger partial charge < -0.3 is 0 Å². The Morgan fingerprint density at radius 2 is 2.11 bits per heavy atom. The quantitative estimate of drug-likeness (QED) is 0.781. The fourth-order valence-electron chi connectivity index (χ4n) is 3.35. The third-order valence-electron chi connectivity index (χ3n) is 4.57. The maximum Gasteiger partial charge on any atom is 0.0318 e. The van der Waals surface area contributed by atoms with Crippen LogP contribution in [0.25, 0.3) is 18.2 Å². The molecule has 1 aromatic carbocycles. The van der Waals surface area contributed by atoms with E-state index in [1.54, 1.807) is 0 Å². The standard InChI is InChI=1S/C18H16S/c1-3-16-12(2)15-9-14-10-18(14,11-17(15)19-16)13-7-5-4-6-8-13/h3-9,11,14H,1,10H2,2H3. The molecule has 2 aromatic rings. The van der Waals surface area contributed by atoms with Gasteiger partial charge in [0.1, 0.15) is 0 Å². The van der Waals surface area contributed by atoms with Crippen LogP contribution in [0.2, 0.25) is 0 Å². The average molecular weight is 264 g/mol. The number of rotatable bonds is 2. The Hall–Kier alpha value is -1.60. The van der Waals surface area contributed by atoms with Gasteiger partial charge >= 0.3 is 0 Å². The highest BCUT2D eigenvalue weighted by molar-refractivity contribution is 7.11. The second kappa shape index (κ2) is 3.71. The van der Waals surface area contributed by atoms with E-state index in [-0.39, 0.29) is 5.41 Å². The van der Waals surface area contributed by atoms with Gasteiger partial charge in [-0.1, -0.05) is 55.1 Å². The van der Waals surface area contributed by atoms with Gasteiger partial charge in [-0.25, -0.2) is 0 Å². The first-order chi connectivity index (χ1) is 9.24. The second-order valence-corrected chi connectivity index (χ2v) is 6.69. The SMILES string of the molecule is C=Cc1sc2c(c1C)=CC1CC1(c1ccccc1)C=2. The molecule has 2 atom stereocenters. The number of hydrogen-bond acceptors (Lipinski definition) is 1. The Morgan fingerprint density at radius 3 is 2.84 bits per heavy atom. The van der Waals surface area contributed by atoms with Crippen LogP contribution in [0, 0.1) is 12.8 Å². The molecule has 2 unspecified atom stereocenters. The highest BCUT2D eigenvalue weighted by Crippen LogP contribution is 2.57. The highest BCUT2D eigenvalue weighted by Gasteiger charge is 2.53. The summed E-state index contributed by atoms with van der Waals surface area (Å²) in [7, 11) is 0. The van der Waals surface area contributed by atoms with Crippen molar-refractivity contribution < 1.29 is 0 Å². The molecule has 0 bridgehead atoms. The molecule has 2 aliphatic carbocycles. The molecule has 0 radical (unpaired) electrons. The molecule has 4 rings (SSSR count). The number of thiophene rings is 1. The summed E-state index contributed by atoms with van der Waals surface area (Å²) in [5, 5.41) is 1.45. The van der Waals surface area contributed by atoms with Crippen LogP contribution in [0.1, 0.15) is 22.4 Å². The lowest BCUT2D eigenvalue weighted by atomic mass is 9.90. The van der Waals surface area contributed by atoms with Crippen molar-refractivity contribution in [3.63, 3.8) is 0 Å². The summed E-state index contributed by atoms with van der Waals surface area (Å²) in [6.45, 7) is 6.14. The van der Waals surface area contributed by atoms with Crippen LogP contribution in [0.4, 0.5) is 0 Å². The molecule has 19 heavy (non-hydrogen) atoms. The molecule has 0 spiro atoms. The molecular weight excluding hydrogens is 248 g/mol. The largest absolute Gasteiger partial charge is 0.136 e. The van der Waals surface area contributed by atoms with Gasteiger partial charge in [0.15, 0.2) is 0 Å². The maximum absolute atomic E-state index is 3.92. The van der Waals surface area contributed by atoms with E-state index in [0.717, 1.165) is 0 Å². The molecule has 0 amide bonds. The van der Waals surface area contributed by atoms with Crippen molar-refractivity contribution in [1.29, 1.82) is 0 Å². The Morgan fingerprint density at radius 1 is 1.32 bits per heavy atom. The molecule has 1 saturated carbocycles. The van der Waals surface area contributed by atoms with Crippen LogP contribution in [0.15, 0.2) is 36.9 Å². The van der Waals surface area contributed by atoms with Crippen LogP contribution in [0.3, 0.4) is 0 Å². The van der Waals surface area contributed by atoms with Crippen molar-refractivity contribution in [3.05, 3.63) is 62.7 Å². The van der Waals surface area contributed by atoms with E-state index in [2.05, 4.69) is 56.0 Å². The molecule has 2 aliphatic rings. The smallest absolute Gasteiger partial charge is 0.0318 e. The summed E-state index contributed by atoms with van der Waals surface area (Å²) in [4.78, 5) is 1.32. The predicted octanol–water partition coefficient (Wildman–Crippen LogP) is 3.23. The highest BCUT2D eigenvalue weighted by atomic mass is 32.1. The molecule has 94 valence electrons. The fourth-order valence-corrected chi connectivity index (χ4v) is 4.54. The van der Waals surface area contributed by atoms with Crippen LogP contribution in [-0.2, 0) is 5.41 Å². The molecule has 0 N–H and O–H groups in total. The van der Waals surface area contributed by atoms with E-state index in [1.807, 2.05) is 17.4 Å². The van der Waals surface area contributed by atoms with E-state index < -0.39 is 0 Å². The zero-order valence-electron chi connectivity index (χ0n) is 11.0. The van der Waals surface area contributed by atoms with E-state index in [9.17, 15) is 0 Å². The predicted molar refractivity (Wildman–Crippen MR) is 83.6 cm³/mol. The topological polar surface area (TPSA) is 0 Å². The van der Waals surface area contributed by atoms with Crippen molar-refractivity contribution in [2.75, 3.05) is 0 Å². The average Bonchev–Trinajstić information content (AvgIpc) is 3.10. The first kappa shape index (κ1) is 11.2. The van der Waals surface area contributed by atoms with Gasteiger partial charge in [0.2, 0.25) is 0 Å². The van der Waals surface area contributed by atoms with E-state index in [4.69, 9.17) is 0 Å². The number of fused-ring (bicyclic) bond motifs is 2. The molecule has 0 nitrogen and oxygen atoms in total. The van der Waals surface area contributed by atoms with Gasteiger partial charge in [0.25, 0.3) is 0 Å². The van der Waals surface area contributed by atoms with E-state index in [1.165, 1.54) is 32.2 Å². The van der Waals surface area contributed by atoms with Gasteiger partial charge in [-0.05, 0) is 35.6 Å². The second-order valence-electron chi connectivity index (χ2n) is 5.60. The first-order valence-corrected chi connectivity index (χ1v) is 7.58. The van der Waals surface area contributed by atoms with Crippen molar-refractivity contribution in [2.24, 2.45) is 5.92 Å². The Labute approximate surface area is 117 Å². The van der Waals surface area contributed by atoms with Crippen LogP contribution in [-0.4, -0.2) is 0 Å². The van der Waals surface area contributed by atoms with Gasteiger partial charge in [0.05, 0.1) is 0 Å². The van der Waals surface area contributed by atoms with Gasteiger partial charge in [-0.2, -0.15) is 0 Å². The minimum Gasteiger partial charge on any atom is -0.136 e. The summed E-state index contributed by atoms with van der Waals surface area (Å²) >= 11 is 1.88. The van der Waals surface area contributed by atoms with Crippen LogP contribution < -0.4 is 9.75 Å². The van der Waals surface area contributed by atoms with Crippen LogP contribution >= 0.6 is 11.3 Å². The van der Waals surface area contributed by atoms with Gasteiger partial charge in [-0.15, -0.1) is 11.3 Å². The van der Waals surface area contributed by atoms with Gasteiger partial charge in [0, 0.05) is 14.8 Å². The van der Waals surface area contributed by atoms with Crippen LogP contribution in [0.5, 0.6) is 0 Å². The van der Waals surface area contributed by atoms with E-state index >= 15 is 0 Å². The molecule has 0 saturated heterocycles. The lowest BCUT2D eigenvalue weighted by Gasteiger charge is -2.14. The van der Waals surface area contributed by atoms with E-state index in [0.29, 0.717) is 5.92 Å². The van der Waals surface area contributed by atoms with Crippen molar-refractivity contribution >= 4 is 29.6 Å². The summed E-state index contributed by atoms with van der Waals surface area (Å²) in [5.41, 5.74) is 3.15. The number of benzene rings is 1. The fraction of sp³-hybridized carbons (Fsp3) is 0.222. The normalized spacial score (nSPS) is 26.7. The first-order valence-electron chi connectivity index (χ1n) is 6.77. The molecular formula is C18H16S. The summed E-state index contributed by atoms with van der Waals surface area (Å²) in [6.07, 6.45) is 8.25. The zero-order valence-corrected chi connectivity index (χ0v) is 11.8. The minimum absolute atomic E-state index is 0.282. The maximum atomic E-state index is 3.92. The summed E-state index contributed by atoms with van der Waals surface area (Å²) in [6, 6.07) is 10.9. The van der Waals surface area contributed by atoms with Gasteiger partial charge in [-0.3, -0.25) is 0 Å². The lowest BCUT2D eigenvalue weighted by Crippen LogP contribution is -2.28. The third-order valence-corrected chi connectivity index (χ3v) is 5.82. The Balaban J connectivity index is 1.94. The van der Waals surface area contributed by atoms with Crippen molar-refractivity contribution in [1.82, 2.24) is 0 Å². The lowest BCUT2D eigenvalue weighted by molar-refractivity contribution is 0.884. The third kappa shape index (κ3) is 1.45. The molecule has 1 heteroatoms. The minimum atomic E-state index is 0.282. The summed E-state index contributed by atoms with van der Waals surface area (Å²) in [5.74, 6) is 0.688.